The van der Waals surface area contributed by atoms with Crippen molar-refractivity contribution in [1.82, 2.24) is 20.3 Å². The molecule has 0 fully saturated rings. The van der Waals surface area contributed by atoms with E-state index in [4.69, 9.17) is 9.47 Å². The first-order chi connectivity index (χ1) is 17.2. The Morgan fingerprint density at radius 2 is 1.86 bits per heavy atom. The minimum absolute atomic E-state index is 0.156. The maximum atomic E-state index is 13.8. The van der Waals surface area contributed by atoms with Crippen molar-refractivity contribution in [3.8, 4) is 28.5 Å². The summed E-state index contributed by atoms with van der Waals surface area (Å²) < 4.78 is 52.3. The van der Waals surface area contributed by atoms with Crippen LogP contribution in [0.15, 0.2) is 47.4 Å². The van der Waals surface area contributed by atoms with Crippen LogP contribution < -0.4 is 15.6 Å². The highest BCUT2D eigenvalue weighted by Gasteiger charge is 2.34. The number of nitrogens with zero attached hydrogens (tertiary/aromatic N) is 2. The van der Waals surface area contributed by atoms with Crippen molar-refractivity contribution in [2.24, 2.45) is 5.92 Å². The van der Waals surface area contributed by atoms with E-state index in [1.807, 2.05) is 20.8 Å². The van der Waals surface area contributed by atoms with Gasteiger partial charge in [-0.05, 0) is 48.7 Å². The van der Waals surface area contributed by atoms with Crippen molar-refractivity contribution in [3.05, 3.63) is 64.1 Å². The molecule has 0 aliphatic rings. The standard InChI is InChI=1S/C26H31F3N4O3/c1-4-9-35-10-11-36-19-6-8-22(31-16-19)23-13-24(34)33-25(32-23)20-12-18(15-30-14-17(2)3)5-7-21(20)26(27,28)29/h5-8,12-13,16-17,30H,4,9-11,14-15H2,1-3H3,(H,32,33,34). The number of hydrogen-bond donors (Lipinski definition) is 2. The smallest absolute Gasteiger partial charge is 0.417 e. The van der Waals surface area contributed by atoms with Crippen LogP contribution >= 0.6 is 0 Å². The summed E-state index contributed by atoms with van der Waals surface area (Å²) in [7, 11) is 0. The van der Waals surface area contributed by atoms with Gasteiger partial charge in [-0.1, -0.05) is 26.8 Å². The molecule has 0 unspecified atom stereocenters. The number of pyridine rings is 1. The van der Waals surface area contributed by atoms with Gasteiger partial charge in [0.15, 0.2) is 0 Å². The molecule has 3 aromatic rings. The summed E-state index contributed by atoms with van der Waals surface area (Å²) in [6.07, 6.45) is -2.23. The number of benzene rings is 1. The van der Waals surface area contributed by atoms with Crippen LogP contribution in [0.3, 0.4) is 0 Å². The van der Waals surface area contributed by atoms with E-state index in [2.05, 4.69) is 20.3 Å². The van der Waals surface area contributed by atoms with Crippen LogP contribution in [0.25, 0.3) is 22.8 Å². The number of aromatic amines is 1. The lowest BCUT2D eigenvalue weighted by atomic mass is 10.0. The Morgan fingerprint density at radius 1 is 1.06 bits per heavy atom. The molecule has 36 heavy (non-hydrogen) atoms. The molecule has 2 aromatic heterocycles. The SMILES string of the molecule is CCCOCCOc1ccc(-c2cc(=O)[nH]c(-c3cc(CNCC(C)C)ccc3C(F)(F)F)n2)nc1. The maximum absolute atomic E-state index is 13.8. The summed E-state index contributed by atoms with van der Waals surface area (Å²) in [5, 5.41) is 3.21. The molecule has 2 N–H and O–H groups in total. The molecule has 0 radical (unpaired) electrons. The van der Waals surface area contributed by atoms with Gasteiger partial charge in [0.25, 0.3) is 5.56 Å². The molecule has 194 valence electrons. The fourth-order valence-electron chi connectivity index (χ4n) is 3.45. The van der Waals surface area contributed by atoms with Crippen molar-refractivity contribution < 1.29 is 22.6 Å². The summed E-state index contributed by atoms with van der Waals surface area (Å²) in [4.78, 5) is 23.4. The molecule has 1 aromatic carbocycles. The predicted octanol–water partition coefficient (Wildman–Crippen LogP) is 5.07. The van der Waals surface area contributed by atoms with Crippen LogP contribution in [0.2, 0.25) is 0 Å². The highest BCUT2D eigenvalue weighted by molar-refractivity contribution is 5.65. The minimum atomic E-state index is -4.62. The van der Waals surface area contributed by atoms with Gasteiger partial charge in [0.1, 0.15) is 18.2 Å². The van der Waals surface area contributed by atoms with E-state index in [1.165, 1.54) is 24.4 Å². The molecule has 10 heteroatoms. The Labute approximate surface area is 208 Å². The van der Waals surface area contributed by atoms with Crippen LogP contribution in [0, 0.1) is 5.92 Å². The average molecular weight is 505 g/mol. The predicted molar refractivity (Wildman–Crippen MR) is 132 cm³/mol. The third-order valence-electron chi connectivity index (χ3n) is 5.11. The second-order valence-electron chi connectivity index (χ2n) is 8.72. The van der Waals surface area contributed by atoms with E-state index in [0.29, 0.717) is 49.3 Å². The van der Waals surface area contributed by atoms with Gasteiger partial charge in [0.2, 0.25) is 0 Å². The van der Waals surface area contributed by atoms with Crippen LogP contribution in [-0.2, 0) is 17.5 Å². The largest absolute Gasteiger partial charge is 0.490 e. The first-order valence-corrected chi connectivity index (χ1v) is 11.9. The summed E-state index contributed by atoms with van der Waals surface area (Å²) in [6, 6.07) is 8.31. The monoisotopic (exact) mass is 504 g/mol. The first kappa shape index (κ1) is 27.3. The zero-order valence-electron chi connectivity index (χ0n) is 20.6. The molecule has 0 atom stereocenters. The average Bonchev–Trinajstić information content (AvgIpc) is 2.83. The summed E-state index contributed by atoms with van der Waals surface area (Å²) in [5.74, 6) is 0.725. The van der Waals surface area contributed by atoms with Gasteiger partial charge in [-0.25, -0.2) is 4.98 Å². The number of nitrogens with one attached hydrogen (secondary N) is 2. The third-order valence-corrected chi connectivity index (χ3v) is 5.11. The Hall–Kier alpha value is -3.24. The van der Waals surface area contributed by atoms with Crippen LogP contribution in [0.1, 0.15) is 38.3 Å². The zero-order valence-corrected chi connectivity index (χ0v) is 20.6. The van der Waals surface area contributed by atoms with Gasteiger partial charge in [0.05, 0.1) is 29.8 Å². The topological polar surface area (TPSA) is 89.1 Å². The number of H-pyrrole nitrogens is 1. The van der Waals surface area contributed by atoms with Gasteiger partial charge in [-0.15, -0.1) is 0 Å². The van der Waals surface area contributed by atoms with Crippen molar-refractivity contribution in [2.45, 2.75) is 39.9 Å². The number of rotatable bonds is 12. The van der Waals surface area contributed by atoms with E-state index in [-0.39, 0.29) is 17.1 Å². The molecule has 0 aliphatic heterocycles. The highest BCUT2D eigenvalue weighted by Crippen LogP contribution is 2.36. The van der Waals surface area contributed by atoms with E-state index in [1.54, 1.807) is 12.1 Å². The van der Waals surface area contributed by atoms with Crippen LogP contribution in [-0.4, -0.2) is 41.3 Å². The molecule has 0 spiro atoms. The summed E-state index contributed by atoms with van der Waals surface area (Å²) >= 11 is 0. The third kappa shape index (κ3) is 7.89. The van der Waals surface area contributed by atoms with Crippen molar-refractivity contribution >= 4 is 0 Å². The zero-order chi connectivity index (χ0) is 26.1. The van der Waals surface area contributed by atoms with Crippen LogP contribution in [0.4, 0.5) is 13.2 Å². The fraction of sp³-hybridized carbons (Fsp3) is 0.423. The fourth-order valence-corrected chi connectivity index (χ4v) is 3.45. The second-order valence-corrected chi connectivity index (χ2v) is 8.72. The summed E-state index contributed by atoms with van der Waals surface area (Å²) in [5.41, 5.74) is -0.520. The quantitative estimate of drug-likeness (QED) is 0.335. The number of alkyl halides is 3. The minimum Gasteiger partial charge on any atom is -0.490 e. The van der Waals surface area contributed by atoms with Gasteiger partial charge in [-0.3, -0.25) is 9.78 Å². The Morgan fingerprint density at radius 3 is 2.53 bits per heavy atom. The van der Waals surface area contributed by atoms with E-state index >= 15 is 0 Å². The summed E-state index contributed by atoms with van der Waals surface area (Å²) in [6.45, 7) is 8.67. The van der Waals surface area contributed by atoms with Crippen molar-refractivity contribution in [2.75, 3.05) is 26.4 Å². The lowest BCUT2D eigenvalue weighted by Gasteiger charge is -2.15. The van der Waals surface area contributed by atoms with Gasteiger partial charge >= 0.3 is 6.18 Å². The number of ether oxygens (including phenoxy) is 2. The molecule has 7 nitrogen and oxygen atoms in total. The normalized spacial score (nSPS) is 11.8. The Kier molecular flexibility index (Phi) is 9.60. The van der Waals surface area contributed by atoms with Crippen molar-refractivity contribution in [3.63, 3.8) is 0 Å². The molecule has 3 rings (SSSR count). The van der Waals surface area contributed by atoms with Crippen molar-refractivity contribution in [1.29, 1.82) is 0 Å². The molecule has 0 saturated heterocycles. The molecular formula is C26H31F3N4O3. The molecule has 0 saturated carbocycles. The molecule has 0 bridgehead atoms. The lowest BCUT2D eigenvalue weighted by molar-refractivity contribution is -0.137. The maximum Gasteiger partial charge on any atom is 0.417 e. The Bertz CT molecular complexity index is 1180. The molecule has 2 heterocycles. The van der Waals surface area contributed by atoms with Crippen LogP contribution in [0.5, 0.6) is 5.75 Å². The number of halogens is 3. The molecule has 0 aliphatic carbocycles. The molecular weight excluding hydrogens is 473 g/mol. The molecule has 0 amide bonds. The first-order valence-electron chi connectivity index (χ1n) is 11.9. The van der Waals surface area contributed by atoms with Gasteiger partial charge in [-0.2, -0.15) is 13.2 Å². The van der Waals surface area contributed by atoms with E-state index in [9.17, 15) is 18.0 Å². The number of aromatic nitrogens is 3. The highest BCUT2D eigenvalue weighted by atomic mass is 19.4. The van der Waals surface area contributed by atoms with E-state index < -0.39 is 17.3 Å². The lowest BCUT2D eigenvalue weighted by Crippen LogP contribution is -2.19. The van der Waals surface area contributed by atoms with E-state index in [0.717, 1.165) is 19.0 Å². The number of hydrogen-bond acceptors (Lipinski definition) is 6. The van der Waals surface area contributed by atoms with Gasteiger partial charge < -0.3 is 19.8 Å². The second kappa shape index (κ2) is 12.6. The Balaban J connectivity index is 1.88. The van der Waals surface area contributed by atoms with Gasteiger partial charge in [0, 0.05) is 24.8 Å².